The number of likely N-dealkylation sites (tertiary alicyclic amines) is 1. The van der Waals surface area contributed by atoms with Gasteiger partial charge in [-0.05, 0) is 42.7 Å². The lowest BCUT2D eigenvalue weighted by Crippen LogP contribution is -2.31. The molecule has 1 aliphatic carbocycles. The van der Waals surface area contributed by atoms with Crippen LogP contribution in [0.4, 0.5) is 0 Å². The van der Waals surface area contributed by atoms with Gasteiger partial charge in [0.15, 0.2) is 0 Å². The summed E-state index contributed by atoms with van der Waals surface area (Å²) in [5, 5.41) is 9.94. The molecule has 4 heteroatoms. The Morgan fingerprint density at radius 2 is 2.25 bits per heavy atom. The summed E-state index contributed by atoms with van der Waals surface area (Å²) >= 11 is 1.76. The van der Waals surface area contributed by atoms with Gasteiger partial charge < -0.3 is 10.0 Å². The van der Waals surface area contributed by atoms with E-state index in [1.165, 1.54) is 5.56 Å². The highest BCUT2D eigenvalue weighted by atomic mass is 32.2. The number of thioether (sulfide) groups is 1. The van der Waals surface area contributed by atoms with Gasteiger partial charge in [-0.15, -0.1) is 0 Å². The minimum absolute atomic E-state index is 0.120. The third kappa shape index (κ3) is 2.59. The van der Waals surface area contributed by atoms with Gasteiger partial charge in [-0.25, -0.2) is 0 Å². The first-order valence-corrected chi connectivity index (χ1v) is 8.63. The Labute approximate surface area is 124 Å². The molecule has 1 aromatic rings. The molecule has 1 aliphatic heterocycles. The second kappa shape index (κ2) is 5.78. The van der Waals surface area contributed by atoms with Gasteiger partial charge >= 0.3 is 0 Å². The Morgan fingerprint density at radius 1 is 1.40 bits per heavy atom. The quantitative estimate of drug-likeness (QED) is 0.929. The fourth-order valence-corrected chi connectivity index (χ4v) is 4.06. The van der Waals surface area contributed by atoms with Crippen LogP contribution in [0.25, 0.3) is 0 Å². The highest BCUT2D eigenvalue weighted by Gasteiger charge is 2.43. The molecule has 2 fully saturated rings. The molecule has 3 atom stereocenters. The van der Waals surface area contributed by atoms with Crippen LogP contribution in [0.1, 0.15) is 28.8 Å². The molecular formula is C16H21NO2S. The van der Waals surface area contributed by atoms with Gasteiger partial charge in [-0.1, -0.05) is 12.1 Å². The summed E-state index contributed by atoms with van der Waals surface area (Å²) in [4.78, 5) is 14.5. The van der Waals surface area contributed by atoms with Gasteiger partial charge in [-0.2, -0.15) is 11.8 Å². The van der Waals surface area contributed by atoms with E-state index in [0.717, 1.165) is 37.2 Å². The molecule has 1 saturated heterocycles. The van der Waals surface area contributed by atoms with Crippen LogP contribution in [0, 0.1) is 11.8 Å². The topological polar surface area (TPSA) is 40.5 Å². The number of carbonyl (C=O) groups excluding carboxylic acids is 1. The van der Waals surface area contributed by atoms with Crippen molar-refractivity contribution in [1.82, 2.24) is 4.90 Å². The molecule has 1 N–H and O–H groups in total. The summed E-state index contributed by atoms with van der Waals surface area (Å²) in [5.74, 6) is 1.86. The van der Waals surface area contributed by atoms with E-state index in [1.807, 2.05) is 23.1 Å². The molecule has 3 nitrogen and oxygen atoms in total. The van der Waals surface area contributed by atoms with Crippen molar-refractivity contribution in [3.8, 4) is 0 Å². The molecule has 0 radical (unpaired) electrons. The number of aliphatic hydroxyl groups is 1. The van der Waals surface area contributed by atoms with Crippen LogP contribution in [-0.2, 0) is 5.75 Å². The molecule has 108 valence electrons. The molecule has 1 amide bonds. The van der Waals surface area contributed by atoms with Crippen LogP contribution in [0.2, 0.25) is 0 Å². The number of nitrogens with zero attached hydrogens (tertiary/aromatic N) is 1. The van der Waals surface area contributed by atoms with Crippen LogP contribution >= 0.6 is 11.8 Å². The number of benzene rings is 1. The Hall–Kier alpha value is -1.00. The zero-order valence-corrected chi connectivity index (χ0v) is 12.6. The number of hydrogen-bond donors (Lipinski definition) is 1. The highest BCUT2D eigenvalue weighted by molar-refractivity contribution is 7.97. The maximum Gasteiger partial charge on any atom is 0.253 e. The predicted molar refractivity (Wildman–Crippen MR) is 81.8 cm³/mol. The van der Waals surface area contributed by atoms with Gasteiger partial charge in [0.1, 0.15) is 0 Å². The average Bonchev–Trinajstić information content (AvgIpc) is 3.01. The van der Waals surface area contributed by atoms with E-state index in [4.69, 9.17) is 0 Å². The van der Waals surface area contributed by atoms with E-state index < -0.39 is 0 Å². The van der Waals surface area contributed by atoms with E-state index in [0.29, 0.717) is 11.8 Å². The van der Waals surface area contributed by atoms with Crippen LogP contribution in [0.15, 0.2) is 24.3 Å². The molecule has 2 aliphatic rings. The lowest BCUT2D eigenvalue weighted by Gasteiger charge is -2.18. The summed E-state index contributed by atoms with van der Waals surface area (Å²) in [5.41, 5.74) is 1.98. The number of amides is 1. The van der Waals surface area contributed by atoms with Gasteiger partial charge in [0, 0.05) is 30.3 Å². The van der Waals surface area contributed by atoms with Crippen LogP contribution in [0.3, 0.4) is 0 Å². The highest BCUT2D eigenvalue weighted by Crippen LogP contribution is 2.38. The van der Waals surface area contributed by atoms with Gasteiger partial charge in [0.2, 0.25) is 0 Å². The van der Waals surface area contributed by atoms with E-state index >= 15 is 0 Å². The lowest BCUT2D eigenvalue weighted by atomic mass is 10.00. The minimum Gasteiger partial charge on any atom is -0.393 e. The molecular weight excluding hydrogens is 270 g/mol. The number of hydrogen-bond acceptors (Lipinski definition) is 3. The van der Waals surface area contributed by atoms with Crippen LogP contribution < -0.4 is 0 Å². The summed E-state index contributed by atoms with van der Waals surface area (Å²) in [6.45, 7) is 1.53. The zero-order valence-electron chi connectivity index (χ0n) is 11.8. The summed E-state index contributed by atoms with van der Waals surface area (Å²) in [6.07, 6.45) is 3.82. The average molecular weight is 291 g/mol. The van der Waals surface area contributed by atoms with Crippen molar-refractivity contribution in [2.45, 2.75) is 24.7 Å². The molecule has 0 bridgehead atoms. The van der Waals surface area contributed by atoms with Crippen molar-refractivity contribution in [2.75, 3.05) is 19.3 Å². The van der Waals surface area contributed by atoms with Crippen molar-refractivity contribution >= 4 is 17.7 Å². The normalized spacial score (nSPS) is 28.7. The Morgan fingerprint density at radius 3 is 3.00 bits per heavy atom. The second-order valence-electron chi connectivity index (χ2n) is 5.91. The van der Waals surface area contributed by atoms with Crippen molar-refractivity contribution in [3.05, 3.63) is 35.4 Å². The van der Waals surface area contributed by atoms with E-state index in [9.17, 15) is 9.90 Å². The van der Waals surface area contributed by atoms with Crippen molar-refractivity contribution in [2.24, 2.45) is 11.8 Å². The summed E-state index contributed by atoms with van der Waals surface area (Å²) in [6, 6.07) is 7.93. The second-order valence-corrected chi connectivity index (χ2v) is 6.78. The summed E-state index contributed by atoms with van der Waals surface area (Å²) < 4.78 is 0. The monoisotopic (exact) mass is 291 g/mol. The number of aliphatic hydroxyl groups excluding tert-OH is 1. The first kappa shape index (κ1) is 14.0. The molecule has 0 spiro atoms. The van der Waals surface area contributed by atoms with E-state index in [1.54, 1.807) is 11.8 Å². The smallest absolute Gasteiger partial charge is 0.253 e. The molecule has 1 heterocycles. The van der Waals surface area contributed by atoms with Gasteiger partial charge in [0.25, 0.3) is 5.91 Å². The largest absolute Gasteiger partial charge is 0.393 e. The van der Waals surface area contributed by atoms with Crippen LogP contribution in [-0.4, -0.2) is 41.4 Å². The number of carbonyl (C=O) groups is 1. The maximum absolute atomic E-state index is 12.6. The number of fused-ring (bicyclic) bond motifs is 1. The van der Waals surface area contributed by atoms with E-state index in [-0.39, 0.29) is 12.0 Å². The molecule has 20 heavy (non-hydrogen) atoms. The Balaban J connectivity index is 1.72. The maximum atomic E-state index is 12.6. The van der Waals surface area contributed by atoms with Crippen molar-refractivity contribution in [3.63, 3.8) is 0 Å². The van der Waals surface area contributed by atoms with Crippen LogP contribution in [0.5, 0.6) is 0 Å². The molecule has 3 rings (SSSR count). The molecule has 3 unspecified atom stereocenters. The summed E-state index contributed by atoms with van der Waals surface area (Å²) in [7, 11) is 0. The third-order valence-corrected chi connectivity index (χ3v) is 5.21. The molecule has 1 aromatic carbocycles. The molecule has 1 saturated carbocycles. The third-order valence-electron chi connectivity index (χ3n) is 4.59. The fraction of sp³-hybridized carbons (Fsp3) is 0.562. The molecule has 0 aromatic heterocycles. The first-order chi connectivity index (χ1) is 9.69. The Kier molecular flexibility index (Phi) is 4.03. The van der Waals surface area contributed by atoms with Gasteiger partial charge in [0.05, 0.1) is 6.10 Å². The standard InChI is InChI=1S/C16H21NO2S/c1-20-10-11-3-2-4-12(7-11)16(19)17-8-13-5-6-15(18)14(13)9-17/h2-4,7,13-15,18H,5-6,8-10H2,1H3. The SMILES string of the molecule is CSCc1cccc(C(=O)N2CC3CCC(O)C3C2)c1. The van der Waals surface area contributed by atoms with E-state index in [2.05, 4.69) is 12.3 Å². The van der Waals surface area contributed by atoms with Gasteiger partial charge in [-0.3, -0.25) is 4.79 Å². The predicted octanol–water partition coefficient (Wildman–Crippen LogP) is 2.39. The van der Waals surface area contributed by atoms with Crippen molar-refractivity contribution in [1.29, 1.82) is 0 Å². The fourth-order valence-electron chi connectivity index (χ4n) is 3.55. The Bertz CT molecular complexity index is 505. The first-order valence-electron chi connectivity index (χ1n) is 7.24. The number of rotatable bonds is 3. The van der Waals surface area contributed by atoms with Crippen molar-refractivity contribution < 1.29 is 9.90 Å². The zero-order chi connectivity index (χ0) is 14.1. The lowest BCUT2D eigenvalue weighted by molar-refractivity contribution is 0.0752. The minimum atomic E-state index is -0.208.